The molecule has 0 rings (SSSR count). The lowest BCUT2D eigenvalue weighted by molar-refractivity contribution is -0.126. The van der Waals surface area contributed by atoms with Crippen LogP contribution in [0.2, 0.25) is 0 Å². The fourth-order valence-corrected chi connectivity index (χ4v) is 0.408. The number of rotatable bonds is 3. The number of hydrogen-bond donors (Lipinski definition) is 1. The summed E-state index contributed by atoms with van der Waals surface area (Å²) >= 11 is 0. The highest BCUT2D eigenvalue weighted by molar-refractivity contribution is 6.23. The predicted octanol–water partition coefficient (Wildman–Crippen LogP) is -1.26. The maximum Gasteiger partial charge on any atom is 0.344 e. The molecule has 0 spiro atoms. The van der Waals surface area contributed by atoms with Gasteiger partial charge in [0.15, 0.2) is 0 Å². The summed E-state index contributed by atoms with van der Waals surface area (Å²) in [6.07, 6.45) is 0.773. The Labute approximate surface area is 58.5 Å². The van der Waals surface area contributed by atoms with Crippen molar-refractivity contribution in [1.82, 2.24) is 4.90 Å². The van der Waals surface area contributed by atoms with Crippen LogP contribution in [0.5, 0.6) is 0 Å². The van der Waals surface area contributed by atoms with E-state index in [-0.39, 0.29) is 13.2 Å². The minimum absolute atomic E-state index is 0.0957. The smallest absolute Gasteiger partial charge is 0.344 e. The molecule has 0 aromatic rings. The first-order chi connectivity index (χ1) is 4.72. The van der Waals surface area contributed by atoms with Gasteiger partial charge in [-0.15, -0.1) is 0 Å². The maximum absolute atomic E-state index is 10.6. The number of amides is 1. The van der Waals surface area contributed by atoms with E-state index >= 15 is 0 Å². The monoisotopic (exact) mass is 143 g/mol. The average Bonchev–Trinajstić information content (AvgIpc) is 1.89. The van der Waals surface area contributed by atoms with Gasteiger partial charge in [-0.1, -0.05) is 0 Å². The summed E-state index contributed by atoms with van der Waals surface area (Å²) in [4.78, 5) is 14.4. The van der Waals surface area contributed by atoms with E-state index in [1.807, 2.05) is 0 Å². The van der Waals surface area contributed by atoms with Crippen molar-refractivity contribution in [3.05, 3.63) is 5.53 Å². The van der Waals surface area contributed by atoms with Gasteiger partial charge in [0.2, 0.25) is 0 Å². The van der Waals surface area contributed by atoms with Crippen molar-refractivity contribution in [2.24, 2.45) is 0 Å². The van der Waals surface area contributed by atoms with Gasteiger partial charge in [-0.25, -0.2) is 0 Å². The lowest BCUT2D eigenvalue weighted by Gasteiger charge is -2.08. The molecule has 0 heterocycles. The summed E-state index contributed by atoms with van der Waals surface area (Å²) in [7, 11) is 1.50. The highest BCUT2D eigenvalue weighted by Crippen LogP contribution is 1.78. The van der Waals surface area contributed by atoms with Crippen LogP contribution >= 0.6 is 0 Å². The minimum Gasteiger partial charge on any atom is -0.395 e. The predicted molar refractivity (Wildman–Crippen MR) is 34.4 cm³/mol. The number of carbonyl (C=O) groups is 1. The second-order valence-electron chi connectivity index (χ2n) is 1.73. The molecule has 0 unspecified atom stereocenters. The van der Waals surface area contributed by atoms with Gasteiger partial charge < -0.3 is 15.5 Å². The molecule has 0 bridgehead atoms. The number of carbonyl (C=O) groups excluding carboxylic acids is 1. The van der Waals surface area contributed by atoms with E-state index < -0.39 is 5.91 Å². The van der Waals surface area contributed by atoms with E-state index in [1.54, 1.807) is 0 Å². The van der Waals surface area contributed by atoms with Crippen LogP contribution in [0.25, 0.3) is 5.53 Å². The number of aliphatic hydroxyl groups excluding tert-OH is 1. The molecule has 0 aliphatic carbocycles. The normalized spacial score (nSPS) is 8.20. The lowest BCUT2D eigenvalue weighted by atomic mass is 10.5. The third kappa shape index (κ3) is 2.96. The molecule has 0 radical (unpaired) electrons. The Balaban J connectivity index is 3.81. The van der Waals surface area contributed by atoms with E-state index in [0.717, 1.165) is 6.21 Å². The summed E-state index contributed by atoms with van der Waals surface area (Å²) in [6, 6.07) is 0. The fourth-order valence-electron chi connectivity index (χ4n) is 0.408. The van der Waals surface area contributed by atoms with Crippen LogP contribution in [0.3, 0.4) is 0 Å². The van der Waals surface area contributed by atoms with Gasteiger partial charge in [-0.05, 0) is 0 Å². The third-order valence-electron chi connectivity index (χ3n) is 0.980. The average molecular weight is 143 g/mol. The number of nitrogens with zero attached hydrogens (tertiary/aromatic N) is 3. The molecule has 0 aromatic heterocycles. The van der Waals surface area contributed by atoms with Crippen LogP contribution in [0.4, 0.5) is 0 Å². The molecule has 0 aromatic carbocycles. The Hall–Kier alpha value is -1.19. The molecule has 1 N–H and O–H groups in total. The van der Waals surface area contributed by atoms with E-state index in [9.17, 15) is 4.79 Å². The zero-order valence-corrected chi connectivity index (χ0v) is 5.69. The zero-order valence-electron chi connectivity index (χ0n) is 5.69. The molecule has 0 saturated carbocycles. The molecular formula is C5H9N3O2. The number of hydrogen-bond acceptors (Lipinski definition) is 2. The fraction of sp³-hybridized carbons (Fsp3) is 0.600. The molecule has 10 heavy (non-hydrogen) atoms. The summed E-state index contributed by atoms with van der Waals surface area (Å²) in [5, 5.41) is 8.35. The molecule has 0 aliphatic rings. The van der Waals surface area contributed by atoms with Crippen LogP contribution in [0.15, 0.2) is 0 Å². The van der Waals surface area contributed by atoms with Crippen molar-refractivity contribution in [2.75, 3.05) is 20.2 Å². The maximum atomic E-state index is 10.6. The van der Waals surface area contributed by atoms with Gasteiger partial charge in [0, 0.05) is 13.6 Å². The van der Waals surface area contributed by atoms with E-state index in [0.29, 0.717) is 0 Å². The Morgan fingerprint density at radius 2 is 2.50 bits per heavy atom. The van der Waals surface area contributed by atoms with Crippen molar-refractivity contribution < 1.29 is 14.7 Å². The third-order valence-corrected chi connectivity index (χ3v) is 0.980. The van der Waals surface area contributed by atoms with Crippen LogP contribution in [0, 0.1) is 0 Å². The van der Waals surface area contributed by atoms with Gasteiger partial charge in [0.05, 0.1) is 6.61 Å². The first-order valence-corrected chi connectivity index (χ1v) is 2.75. The molecule has 1 amide bonds. The molecule has 0 aliphatic heterocycles. The molecular weight excluding hydrogens is 134 g/mol. The highest BCUT2D eigenvalue weighted by Gasteiger charge is 2.07. The van der Waals surface area contributed by atoms with E-state index in [2.05, 4.69) is 4.79 Å². The lowest BCUT2D eigenvalue weighted by Crippen LogP contribution is -2.30. The van der Waals surface area contributed by atoms with Crippen LogP contribution in [-0.2, 0) is 4.79 Å². The SMILES string of the molecule is CN(CCO)C(=O)C=[N+]=[N-]. The van der Waals surface area contributed by atoms with E-state index in [1.165, 1.54) is 11.9 Å². The Morgan fingerprint density at radius 3 is 2.90 bits per heavy atom. The van der Waals surface area contributed by atoms with Gasteiger partial charge in [0.1, 0.15) is 0 Å². The van der Waals surface area contributed by atoms with Crippen LogP contribution < -0.4 is 0 Å². The summed E-state index contributed by atoms with van der Waals surface area (Å²) in [5.41, 5.74) is 7.91. The zero-order chi connectivity index (χ0) is 7.98. The van der Waals surface area contributed by atoms with Crippen LogP contribution in [-0.4, -0.2) is 47.1 Å². The van der Waals surface area contributed by atoms with Crippen molar-refractivity contribution in [3.8, 4) is 0 Å². The first kappa shape index (κ1) is 8.81. The van der Waals surface area contributed by atoms with Crippen molar-refractivity contribution in [1.29, 1.82) is 0 Å². The molecule has 0 fully saturated rings. The molecule has 5 heteroatoms. The Bertz CT molecular complexity index is 162. The summed E-state index contributed by atoms with van der Waals surface area (Å²) in [5.74, 6) is -0.434. The van der Waals surface area contributed by atoms with E-state index in [4.69, 9.17) is 10.6 Å². The number of aliphatic hydroxyl groups is 1. The second kappa shape index (κ2) is 4.67. The Morgan fingerprint density at radius 1 is 1.90 bits per heavy atom. The standard InChI is InChI=1S/C5H9N3O2/c1-8(2-3-9)5(10)4-7-6/h4,9H,2-3H2,1H3. The van der Waals surface area contributed by atoms with Crippen molar-refractivity contribution >= 4 is 12.1 Å². The minimum atomic E-state index is -0.434. The quantitative estimate of drug-likeness (QED) is 0.304. The van der Waals surface area contributed by atoms with Gasteiger partial charge >= 0.3 is 12.1 Å². The first-order valence-electron chi connectivity index (χ1n) is 2.75. The van der Waals surface area contributed by atoms with Gasteiger partial charge in [0.25, 0.3) is 0 Å². The molecule has 5 nitrogen and oxygen atoms in total. The van der Waals surface area contributed by atoms with Crippen molar-refractivity contribution in [3.63, 3.8) is 0 Å². The largest absolute Gasteiger partial charge is 0.395 e. The molecule has 56 valence electrons. The summed E-state index contributed by atoms with van der Waals surface area (Å²) in [6.45, 7) is 0.145. The molecule has 0 saturated heterocycles. The topological polar surface area (TPSA) is 76.9 Å². The van der Waals surface area contributed by atoms with Gasteiger partial charge in [-0.3, -0.25) is 4.79 Å². The van der Waals surface area contributed by atoms with Gasteiger partial charge in [-0.2, -0.15) is 4.79 Å². The highest BCUT2D eigenvalue weighted by atomic mass is 16.3. The van der Waals surface area contributed by atoms with Crippen molar-refractivity contribution in [2.45, 2.75) is 0 Å². The molecule has 0 atom stereocenters. The number of likely N-dealkylation sites (N-methyl/N-ethyl adjacent to an activating group) is 1. The Kier molecular flexibility index (Phi) is 4.11. The summed E-state index contributed by atoms with van der Waals surface area (Å²) < 4.78 is 0. The second-order valence-corrected chi connectivity index (χ2v) is 1.73. The van der Waals surface area contributed by atoms with Crippen LogP contribution in [0.1, 0.15) is 0 Å².